The summed E-state index contributed by atoms with van der Waals surface area (Å²) in [5.74, 6) is -0.0626. The molecule has 3 unspecified atom stereocenters. The first kappa shape index (κ1) is 13.4. The summed E-state index contributed by atoms with van der Waals surface area (Å²) in [5, 5.41) is 11.7. The van der Waals surface area contributed by atoms with Gasteiger partial charge in [0.1, 0.15) is 0 Å². The fraction of sp³-hybridized carbons (Fsp3) is 0.900. The highest BCUT2D eigenvalue weighted by Gasteiger charge is 2.17. The van der Waals surface area contributed by atoms with Gasteiger partial charge in [0.15, 0.2) is 0 Å². The number of carbonyl (C=O) groups is 1. The molecule has 0 aromatic rings. The first-order chi connectivity index (χ1) is 6.52. The molecule has 0 aliphatic rings. The van der Waals surface area contributed by atoms with Crippen molar-refractivity contribution in [2.24, 2.45) is 11.7 Å². The Morgan fingerprint density at radius 1 is 1.50 bits per heavy atom. The molecule has 0 aliphatic heterocycles. The first-order valence-corrected chi connectivity index (χ1v) is 5.19. The lowest BCUT2D eigenvalue weighted by Gasteiger charge is -2.21. The fourth-order valence-corrected chi connectivity index (χ4v) is 1.07. The van der Waals surface area contributed by atoms with E-state index >= 15 is 0 Å². The molecule has 0 fully saturated rings. The zero-order valence-electron chi connectivity index (χ0n) is 9.29. The standard InChI is InChI=1S/C10H22N2O2/c1-4-5-9(11)10(14)12-8(3)7(2)6-13/h7-9,13H,4-6,11H2,1-3H3,(H,12,14). The second-order valence-corrected chi connectivity index (χ2v) is 3.85. The lowest BCUT2D eigenvalue weighted by Crippen LogP contribution is -2.46. The van der Waals surface area contributed by atoms with E-state index in [-0.39, 0.29) is 24.5 Å². The maximum absolute atomic E-state index is 11.4. The second kappa shape index (κ2) is 6.79. The van der Waals surface area contributed by atoms with E-state index in [4.69, 9.17) is 10.8 Å². The Hall–Kier alpha value is -0.610. The number of hydrogen-bond acceptors (Lipinski definition) is 3. The van der Waals surface area contributed by atoms with E-state index in [1.165, 1.54) is 0 Å². The van der Waals surface area contributed by atoms with E-state index in [0.717, 1.165) is 6.42 Å². The SMILES string of the molecule is CCCC(N)C(=O)NC(C)C(C)CO. The number of nitrogens with two attached hydrogens (primary N) is 1. The van der Waals surface area contributed by atoms with Crippen LogP contribution in [-0.4, -0.2) is 29.7 Å². The normalized spacial score (nSPS) is 17.2. The minimum absolute atomic E-state index is 0.0320. The number of hydrogen-bond donors (Lipinski definition) is 3. The Morgan fingerprint density at radius 3 is 2.50 bits per heavy atom. The van der Waals surface area contributed by atoms with Gasteiger partial charge in [-0.1, -0.05) is 20.3 Å². The van der Waals surface area contributed by atoms with Gasteiger partial charge in [-0.05, 0) is 19.3 Å². The summed E-state index contributed by atoms with van der Waals surface area (Å²) < 4.78 is 0. The van der Waals surface area contributed by atoms with Crippen molar-refractivity contribution in [3.8, 4) is 0 Å². The predicted octanol–water partition coefficient (Wildman–Crippen LogP) is 0.247. The minimum Gasteiger partial charge on any atom is -0.396 e. The van der Waals surface area contributed by atoms with Crippen molar-refractivity contribution in [1.29, 1.82) is 0 Å². The Morgan fingerprint density at radius 2 is 2.07 bits per heavy atom. The van der Waals surface area contributed by atoms with Crippen LogP contribution in [-0.2, 0) is 4.79 Å². The van der Waals surface area contributed by atoms with Crippen LogP contribution in [0.2, 0.25) is 0 Å². The minimum atomic E-state index is -0.423. The van der Waals surface area contributed by atoms with E-state index in [2.05, 4.69) is 5.32 Å². The van der Waals surface area contributed by atoms with Crippen molar-refractivity contribution in [3.05, 3.63) is 0 Å². The van der Waals surface area contributed by atoms with Gasteiger partial charge in [0, 0.05) is 12.6 Å². The number of carbonyl (C=O) groups excluding carboxylic acids is 1. The molecule has 0 saturated carbocycles. The van der Waals surface area contributed by atoms with Crippen LogP contribution < -0.4 is 11.1 Å². The highest BCUT2D eigenvalue weighted by molar-refractivity contribution is 5.81. The largest absolute Gasteiger partial charge is 0.396 e. The molecule has 1 amide bonds. The highest BCUT2D eigenvalue weighted by Crippen LogP contribution is 2.01. The smallest absolute Gasteiger partial charge is 0.237 e. The van der Waals surface area contributed by atoms with Gasteiger partial charge in [0.2, 0.25) is 5.91 Å². The van der Waals surface area contributed by atoms with Crippen molar-refractivity contribution in [2.75, 3.05) is 6.61 Å². The van der Waals surface area contributed by atoms with Gasteiger partial charge >= 0.3 is 0 Å². The first-order valence-electron chi connectivity index (χ1n) is 5.19. The van der Waals surface area contributed by atoms with Crippen LogP contribution in [0.5, 0.6) is 0 Å². The third-order valence-electron chi connectivity index (χ3n) is 2.45. The molecule has 14 heavy (non-hydrogen) atoms. The Balaban J connectivity index is 3.92. The van der Waals surface area contributed by atoms with E-state index < -0.39 is 6.04 Å². The summed E-state index contributed by atoms with van der Waals surface area (Å²) in [6, 6.07) is -0.455. The van der Waals surface area contributed by atoms with Crippen LogP contribution in [0.1, 0.15) is 33.6 Å². The molecule has 0 aromatic heterocycles. The van der Waals surface area contributed by atoms with Crippen LogP contribution in [0.3, 0.4) is 0 Å². The summed E-state index contributed by atoms with van der Waals surface area (Å²) in [6.45, 7) is 5.82. The lowest BCUT2D eigenvalue weighted by atomic mass is 10.0. The molecule has 0 saturated heterocycles. The van der Waals surface area contributed by atoms with E-state index in [0.29, 0.717) is 6.42 Å². The maximum atomic E-state index is 11.4. The van der Waals surface area contributed by atoms with Crippen molar-refractivity contribution in [1.82, 2.24) is 5.32 Å². The monoisotopic (exact) mass is 202 g/mol. The van der Waals surface area contributed by atoms with Crippen LogP contribution in [0.15, 0.2) is 0 Å². The predicted molar refractivity (Wildman–Crippen MR) is 56.7 cm³/mol. The number of rotatable bonds is 6. The second-order valence-electron chi connectivity index (χ2n) is 3.85. The molecule has 84 valence electrons. The molecular formula is C10H22N2O2. The summed E-state index contributed by atoms with van der Waals surface area (Å²) in [4.78, 5) is 11.4. The number of amides is 1. The zero-order valence-corrected chi connectivity index (χ0v) is 9.29. The molecule has 3 atom stereocenters. The van der Waals surface area contributed by atoms with Crippen molar-refractivity contribution < 1.29 is 9.90 Å². The topological polar surface area (TPSA) is 75.4 Å². The molecule has 0 heterocycles. The molecule has 0 spiro atoms. The molecule has 4 heteroatoms. The van der Waals surface area contributed by atoms with Gasteiger partial charge in [0.25, 0.3) is 0 Å². The van der Waals surface area contributed by atoms with Gasteiger partial charge < -0.3 is 16.2 Å². The summed E-state index contributed by atoms with van der Waals surface area (Å²) >= 11 is 0. The average Bonchev–Trinajstić information content (AvgIpc) is 2.16. The Kier molecular flexibility index (Phi) is 6.49. The van der Waals surface area contributed by atoms with Gasteiger partial charge in [-0.2, -0.15) is 0 Å². The van der Waals surface area contributed by atoms with Crippen LogP contribution in [0, 0.1) is 5.92 Å². The third kappa shape index (κ3) is 4.58. The van der Waals surface area contributed by atoms with E-state index in [1.54, 1.807) is 0 Å². The van der Waals surface area contributed by atoms with Crippen molar-refractivity contribution in [3.63, 3.8) is 0 Å². The van der Waals surface area contributed by atoms with Gasteiger partial charge in [-0.3, -0.25) is 4.79 Å². The molecule has 0 rings (SSSR count). The van der Waals surface area contributed by atoms with Crippen LogP contribution in [0.25, 0.3) is 0 Å². The van der Waals surface area contributed by atoms with E-state index in [9.17, 15) is 4.79 Å². The Labute approximate surface area is 85.9 Å². The van der Waals surface area contributed by atoms with Gasteiger partial charge in [-0.15, -0.1) is 0 Å². The highest BCUT2D eigenvalue weighted by atomic mass is 16.3. The summed E-state index contributed by atoms with van der Waals surface area (Å²) in [7, 11) is 0. The van der Waals surface area contributed by atoms with Crippen molar-refractivity contribution >= 4 is 5.91 Å². The molecular weight excluding hydrogens is 180 g/mol. The fourth-order valence-electron chi connectivity index (χ4n) is 1.07. The zero-order chi connectivity index (χ0) is 11.1. The van der Waals surface area contributed by atoms with Crippen LogP contribution in [0.4, 0.5) is 0 Å². The van der Waals surface area contributed by atoms with Gasteiger partial charge in [0.05, 0.1) is 6.04 Å². The molecule has 0 bridgehead atoms. The third-order valence-corrected chi connectivity index (χ3v) is 2.45. The number of aliphatic hydroxyl groups is 1. The molecule has 0 aromatic carbocycles. The summed E-state index contributed by atoms with van der Waals surface area (Å²) in [5.41, 5.74) is 5.64. The van der Waals surface area contributed by atoms with Crippen LogP contribution >= 0.6 is 0 Å². The molecule has 4 nitrogen and oxygen atoms in total. The molecule has 4 N–H and O–H groups in total. The quantitative estimate of drug-likeness (QED) is 0.578. The average molecular weight is 202 g/mol. The molecule has 0 radical (unpaired) electrons. The molecule has 0 aliphatic carbocycles. The number of aliphatic hydroxyl groups excluding tert-OH is 1. The summed E-state index contributed by atoms with van der Waals surface area (Å²) in [6.07, 6.45) is 1.60. The Bertz CT molecular complexity index is 174. The van der Waals surface area contributed by atoms with Crippen molar-refractivity contribution in [2.45, 2.75) is 45.7 Å². The maximum Gasteiger partial charge on any atom is 0.237 e. The van der Waals surface area contributed by atoms with Gasteiger partial charge in [-0.25, -0.2) is 0 Å². The number of nitrogens with one attached hydrogen (secondary N) is 1. The lowest BCUT2D eigenvalue weighted by molar-refractivity contribution is -0.123. The van der Waals surface area contributed by atoms with E-state index in [1.807, 2.05) is 20.8 Å².